The Hall–Kier alpha value is -2.62. The first-order valence-electron chi connectivity index (χ1n) is 8.67. The van der Waals surface area contributed by atoms with Crippen LogP contribution in [0.1, 0.15) is 37.8 Å². The number of pyridine rings is 1. The molecule has 130 valence electrons. The van der Waals surface area contributed by atoms with Gasteiger partial charge in [0.1, 0.15) is 17.3 Å². The van der Waals surface area contributed by atoms with Crippen LogP contribution in [0.2, 0.25) is 0 Å². The van der Waals surface area contributed by atoms with Crippen LogP contribution in [0.25, 0.3) is 6.08 Å². The number of carbonyl (C=O) groups excluding carboxylic acids is 1. The molecule has 0 aliphatic carbocycles. The van der Waals surface area contributed by atoms with E-state index in [1.807, 2.05) is 43.3 Å². The molecule has 0 unspecified atom stereocenters. The quantitative estimate of drug-likeness (QED) is 0.758. The molecular formula is C21H23NO3. The van der Waals surface area contributed by atoms with Crippen molar-refractivity contribution in [2.45, 2.75) is 33.1 Å². The van der Waals surface area contributed by atoms with Crippen molar-refractivity contribution in [2.75, 3.05) is 6.61 Å². The molecule has 0 saturated heterocycles. The number of rotatable bonds is 6. The van der Waals surface area contributed by atoms with Gasteiger partial charge in [0, 0.05) is 24.8 Å². The summed E-state index contributed by atoms with van der Waals surface area (Å²) in [5.74, 6) is 2.61. The van der Waals surface area contributed by atoms with Gasteiger partial charge in [-0.05, 0) is 48.9 Å². The van der Waals surface area contributed by atoms with Crippen LogP contribution in [0.5, 0.6) is 17.4 Å². The number of benzene rings is 1. The molecule has 2 heterocycles. The molecule has 0 radical (unpaired) electrons. The Kier molecular flexibility index (Phi) is 5.49. The zero-order valence-corrected chi connectivity index (χ0v) is 14.7. The molecule has 1 atom stereocenters. The number of fused-ring (bicyclic) bond motifs is 1. The molecule has 0 bridgehead atoms. The third-order valence-corrected chi connectivity index (χ3v) is 4.09. The molecular weight excluding hydrogens is 314 g/mol. The van der Waals surface area contributed by atoms with Gasteiger partial charge in [-0.3, -0.25) is 0 Å². The molecule has 3 rings (SSSR count). The molecule has 1 aromatic heterocycles. The largest absolute Gasteiger partial charge is 0.493 e. The maximum atomic E-state index is 11.1. The van der Waals surface area contributed by atoms with Gasteiger partial charge in [0.2, 0.25) is 5.88 Å². The van der Waals surface area contributed by atoms with Gasteiger partial charge in [0.15, 0.2) is 0 Å². The lowest BCUT2D eigenvalue weighted by atomic mass is 10.0. The fourth-order valence-corrected chi connectivity index (χ4v) is 2.85. The number of carbonyl (C=O) groups is 1. The van der Waals surface area contributed by atoms with Gasteiger partial charge in [-0.1, -0.05) is 25.1 Å². The third kappa shape index (κ3) is 4.92. The molecule has 25 heavy (non-hydrogen) atoms. The van der Waals surface area contributed by atoms with Gasteiger partial charge in [-0.25, -0.2) is 4.98 Å². The first-order chi connectivity index (χ1) is 12.1. The predicted molar refractivity (Wildman–Crippen MR) is 98.1 cm³/mol. The highest BCUT2D eigenvalue weighted by atomic mass is 16.5. The molecule has 1 aliphatic heterocycles. The van der Waals surface area contributed by atoms with Crippen LogP contribution in [-0.4, -0.2) is 17.4 Å². The van der Waals surface area contributed by atoms with Gasteiger partial charge in [0.05, 0.1) is 6.61 Å². The molecule has 0 spiro atoms. The molecule has 0 fully saturated rings. The molecule has 1 aliphatic rings. The highest BCUT2D eigenvalue weighted by Crippen LogP contribution is 2.31. The molecule has 0 amide bonds. The Morgan fingerprint density at radius 1 is 1.36 bits per heavy atom. The van der Waals surface area contributed by atoms with Crippen molar-refractivity contribution in [1.82, 2.24) is 4.98 Å². The summed E-state index contributed by atoms with van der Waals surface area (Å²) in [7, 11) is 0. The van der Waals surface area contributed by atoms with Gasteiger partial charge < -0.3 is 14.3 Å². The summed E-state index contributed by atoms with van der Waals surface area (Å²) in [6.07, 6.45) is 8.45. The van der Waals surface area contributed by atoms with Crippen molar-refractivity contribution in [3.63, 3.8) is 0 Å². The average Bonchev–Trinajstić information content (AvgIpc) is 2.60. The van der Waals surface area contributed by atoms with E-state index >= 15 is 0 Å². The molecule has 0 saturated carbocycles. The lowest BCUT2D eigenvalue weighted by Crippen LogP contribution is -2.08. The van der Waals surface area contributed by atoms with Crippen molar-refractivity contribution in [2.24, 2.45) is 5.92 Å². The van der Waals surface area contributed by atoms with Crippen molar-refractivity contribution >= 4 is 11.9 Å². The highest BCUT2D eigenvalue weighted by Gasteiger charge is 2.11. The van der Waals surface area contributed by atoms with Crippen LogP contribution in [0.4, 0.5) is 0 Å². The summed E-state index contributed by atoms with van der Waals surface area (Å²) in [5, 5.41) is 0. The van der Waals surface area contributed by atoms with Gasteiger partial charge in [-0.2, -0.15) is 0 Å². The van der Waals surface area contributed by atoms with Gasteiger partial charge in [0.25, 0.3) is 0 Å². The molecule has 2 aromatic rings. The van der Waals surface area contributed by atoms with E-state index in [1.165, 1.54) is 5.56 Å². The fourth-order valence-electron chi connectivity index (χ4n) is 2.85. The molecule has 1 aromatic carbocycles. The van der Waals surface area contributed by atoms with Crippen LogP contribution in [0, 0.1) is 5.92 Å². The van der Waals surface area contributed by atoms with Crippen molar-refractivity contribution in [3.8, 4) is 17.4 Å². The number of nitrogens with zero attached hydrogens (tertiary/aromatic N) is 1. The van der Waals surface area contributed by atoms with E-state index in [0.717, 1.165) is 36.5 Å². The van der Waals surface area contributed by atoms with Crippen LogP contribution in [-0.2, 0) is 11.2 Å². The maximum absolute atomic E-state index is 11.1. The Morgan fingerprint density at radius 2 is 2.24 bits per heavy atom. The molecule has 4 nitrogen and oxygen atoms in total. The Labute approximate surface area is 148 Å². The first kappa shape index (κ1) is 17.2. The summed E-state index contributed by atoms with van der Waals surface area (Å²) in [5.41, 5.74) is 2.21. The molecule has 0 N–H and O–H groups in total. The second-order valence-electron chi connectivity index (χ2n) is 6.50. The zero-order valence-electron chi connectivity index (χ0n) is 14.7. The lowest BCUT2D eigenvalue weighted by Gasteiger charge is -2.17. The average molecular weight is 337 g/mol. The van der Waals surface area contributed by atoms with Crippen molar-refractivity contribution < 1.29 is 14.3 Å². The number of ether oxygens (including phenoxy) is 2. The van der Waals surface area contributed by atoms with E-state index < -0.39 is 0 Å². The smallest absolute Gasteiger partial charge is 0.219 e. The SMILES string of the molecule is CC(=O)C[C@@H](C)/C=C/c1ccc(Oc2ccc3c(c2)OCCC3)nc1. The topological polar surface area (TPSA) is 48.4 Å². The number of aromatic nitrogens is 1. The van der Waals surface area contributed by atoms with Crippen LogP contribution >= 0.6 is 0 Å². The first-order valence-corrected chi connectivity index (χ1v) is 8.67. The number of allylic oxidation sites excluding steroid dienone is 1. The highest BCUT2D eigenvalue weighted by molar-refractivity contribution is 5.76. The van der Waals surface area contributed by atoms with Crippen LogP contribution < -0.4 is 9.47 Å². The number of ketones is 1. The minimum atomic E-state index is 0.202. The van der Waals surface area contributed by atoms with Crippen molar-refractivity contribution in [1.29, 1.82) is 0 Å². The number of Topliss-reactive ketones (excluding diaryl/α,β-unsaturated/α-hetero) is 1. The second-order valence-corrected chi connectivity index (χ2v) is 6.50. The minimum absolute atomic E-state index is 0.202. The van der Waals surface area contributed by atoms with E-state index in [2.05, 4.69) is 11.1 Å². The van der Waals surface area contributed by atoms with Crippen LogP contribution in [0.3, 0.4) is 0 Å². The fraction of sp³-hybridized carbons (Fsp3) is 0.333. The molecule has 4 heteroatoms. The summed E-state index contributed by atoms with van der Waals surface area (Å²) < 4.78 is 11.5. The number of hydrogen-bond donors (Lipinski definition) is 0. The monoisotopic (exact) mass is 337 g/mol. The van der Waals surface area contributed by atoms with E-state index in [0.29, 0.717) is 12.3 Å². The van der Waals surface area contributed by atoms with Crippen molar-refractivity contribution in [3.05, 3.63) is 53.7 Å². The summed E-state index contributed by atoms with van der Waals surface area (Å²) in [4.78, 5) is 15.4. The standard InChI is InChI=1S/C21H23NO3/c1-15(12-16(2)23)5-6-17-7-10-21(22-14-17)25-19-9-8-18-4-3-11-24-20(18)13-19/h5-10,13-15H,3-4,11-12H2,1-2H3/b6-5+/t15-/m0/s1. The number of aryl methyl sites for hydroxylation is 1. The summed E-state index contributed by atoms with van der Waals surface area (Å²) in [6, 6.07) is 9.72. The van der Waals surface area contributed by atoms with Gasteiger partial charge in [-0.15, -0.1) is 0 Å². The second kappa shape index (κ2) is 7.97. The minimum Gasteiger partial charge on any atom is -0.493 e. The number of hydrogen-bond acceptors (Lipinski definition) is 4. The zero-order chi connectivity index (χ0) is 17.6. The van der Waals surface area contributed by atoms with E-state index in [9.17, 15) is 4.79 Å². The van der Waals surface area contributed by atoms with E-state index in [1.54, 1.807) is 13.1 Å². The summed E-state index contributed by atoms with van der Waals surface area (Å²) >= 11 is 0. The maximum Gasteiger partial charge on any atom is 0.219 e. The third-order valence-electron chi connectivity index (χ3n) is 4.09. The predicted octanol–water partition coefficient (Wildman–Crippen LogP) is 4.83. The van der Waals surface area contributed by atoms with Crippen LogP contribution in [0.15, 0.2) is 42.6 Å². The Bertz CT molecular complexity index is 765. The Balaban J connectivity index is 1.63. The lowest BCUT2D eigenvalue weighted by molar-refractivity contribution is -0.117. The van der Waals surface area contributed by atoms with E-state index in [4.69, 9.17) is 9.47 Å². The summed E-state index contributed by atoms with van der Waals surface area (Å²) in [6.45, 7) is 4.41. The van der Waals surface area contributed by atoms with Gasteiger partial charge >= 0.3 is 0 Å². The normalized spacial score (nSPS) is 14.6. The van der Waals surface area contributed by atoms with E-state index in [-0.39, 0.29) is 11.7 Å². The Morgan fingerprint density at radius 3 is 3.00 bits per heavy atom.